The molecule has 0 saturated carbocycles. The lowest BCUT2D eigenvalue weighted by molar-refractivity contribution is 0.165. The SMILES string of the molecule is CCCCCCCCc1ccc(N2CCN(Cc3ccccc3)CC2CO)cc1. The van der Waals surface area contributed by atoms with Crippen LogP contribution in [-0.4, -0.2) is 42.3 Å². The highest BCUT2D eigenvalue weighted by atomic mass is 16.3. The minimum Gasteiger partial charge on any atom is -0.394 e. The molecule has 0 amide bonds. The first-order valence-electron chi connectivity index (χ1n) is 11.5. The second kappa shape index (κ2) is 12.0. The summed E-state index contributed by atoms with van der Waals surface area (Å²) in [7, 11) is 0. The van der Waals surface area contributed by atoms with Crippen molar-refractivity contribution in [2.24, 2.45) is 0 Å². The maximum absolute atomic E-state index is 10.00. The van der Waals surface area contributed by atoms with E-state index in [1.54, 1.807) is 0 Å². The van der Waals surface area contributed by atoms with Gasteiger partial charge in [0.1, 0.15) is 0 Å². The van der Waals surface area contributed by atoms with Crippen LogP contribution in [0.1, 0.15) is 56.6 Å². The summed E-state index contributed by atoms with van der Waals surface area (Å²) in [5, 5.41) is 10.00. The number of hydrogen-bond donors (Lipinski definition) is 1. The van der Waals surface area contributed by atoms with Crippen LogP contribution in [-0.2, 0) is 13.0 Å². The first kappa shape index (κ1) is 21.9. The Morgan fingerprint density at radius 3 is 2.28 bits per heavy atom. The summed E-state index contributed by atoms with van der Waals surface area (Å²) >= 11 is 0. The first-order valence-corrected chi connectivity index (χ1v) is 11.5. The minimum absolute atomic E-state index is 0.164. The van der Waals surface area contributed by atoms with E-state index in [-0.39, 0.29) is 12.6 Å². The van der Waals surface area contributed by atoms with Crippen molar-refractivity contribution in [3.63, 3.8) is 0 Å². The van der Waals surface area contributed by atoms with Gasteiger partial charge in [-0.15, -0.1) is 0 Å². The molecule has 0 aromatic heterocycles. The van der Waals surface area contributed by atoms with Gasteiger partial charge in [-0.25, -0.2) is 0 Å². The molecular formula is C26H38N2O. The summed E-state index contributed by atoms with van der Waals surface area (Å²) in [5.41, 5.74) is 4.03. The molecule has 1 aliphatic heterocycles. The summed E-state index contributed by atoms with van der Waals surface area (Å²) in [5.74, 6) is 0. The molecule has 0 radical (unpaired) electrons. The molecule has 2 aromatic rings. The smallest absolute Gasteiger partial charge is 0.0648 e. The van der Waals surface area contributed by atoms with Crippen molar-refractivity contribution in [1.29, 1.82) is 0 Å². The van der Waals surface area contributed by atoms with Crippen LogP contribution in [0.15, 0.2) is 54.6 Å². The molecule has 1 unspecified atom stereocenters. The Balaban J connectivity index is 1.48. The summed E-state index contributed by atoms with van der Waals surface area (Å²) in [6.45, 7) is 6.34. The van der Waals surface area contributed by atoms with Gasteiger partial charge in [-0.2, -0.15) is 0 Å². The van der Waals surface area contributed by atoms with Gasteiger partial charge >= 0.3 is 0 Å². The van der Waals surface area contributed by atoms with Gasteiger partial charge in [0.15, 0.2) is 0 Å². The standard InChI is InChI=1S/C26H38N2O/c1-2-3-4-5-6-8-11-23-14-16-25(17-15-23)28-19-18-27(21-26(28)22-29)20-24-12-9-7-10-13-24/h7,9-10,12-17,26,29H,2-6,8,11,18-22H2,1H3. The van der Waals surface area contributed by atoms with Crippen molar-refractivity contribution >= 4 is 5.69 Å². The van der Waals surface area contributed by atoms with Gasteiger partial charge in [0, 0.05) is 31.9 Å². The number of hydrogen-bond acceptors (Lipinski definition) is 3. The Morgan fingerprint density at radius 1 is 0.828 bits per heavy atom. The van der Waals surface area contributed by atoms with E-state index in [0.717, 1.165) is 26.2 Å². The third-order valence-corrected chi connectivity index (χ3v) is 6.11. The molecular weight excluding hydrogens is 356 g/mol. The molecule has 1 aliphatic rings. The maximum atomic E-state index is 10.00. The van der Waals surface area contributed by atoms with E-state index in [1.165, 1.54) is 61.8 Å². The molecule has 3 rings (SSSR count). The van der Waals surface area contributed by atoms with Crippen LogP contribution < -0.4 is 4.90 Å². The van der Waals surface area contributed by atoms with Crippen LogP contribution in [0, 0.1) is 0 Å². The van der Waals surface area contributed by atoms with Gasteiger partial charge in [-0.1, -0.05) is 81.5 Å². The minimum atomic E-state index is 0.164. The summed E-state index contributed by atoms with van der Waals surface area (Å²) in [4.78, 5) is 4.84. The van der Waals surface area contributed by atoms with Gasteiger partial charge in [-0.05, 0) is 36.1 Å². The van der Waals surface area contributed by atoms with E-state index in [4.69, 9.17) is 0 Å². The van der Waals surface area contributed by atoms with Crippen molar-refractivity contribution in [3.8, 4) is 0 Å². The zero-order chi connectivity index (χ0) is 20.3. The van der Waals surface area contributed by atoms with E-state index < -0.39 is 0 Å². The number of benzene rings is 2. The summed E-state index contributed by atoms with van der Waals surface area (Å²) < 4.78 is 0. The second-order valence-corrected chi connectivity index (χ2v) is 8.43. The number of nitrogens with zero attached hydrogens (tertiary/aromatic N) is 2. The maximum Gasteiger partial charge on any atom is 0.0648 e. The molecule has 3 heteroatoms. The Morgan fingerprint density at radius 2 is 1.55 bits per heavy atom. The summed E-state index contributed by atoms with van der Waals surface area (Å²) in [6.07, 6.45) is 9.26. The zero-order valence-corrected chi connectivity index (χ0v) is 18.1. The number of aryl methyl sites for hydroxylation is 1. The normalized spacial score (nSPS) is 17.6. The Labute approximate surface area is 177 Å². The highest BCUT2D eigenvalue weighted by molar-refractivity contribution is 5.49. The highest BCUT2D eigenvalue weighted by Crippen LogP contribution is 2.23. The van der Waals surface area contributed by atoms with Crippen molar-refractivity contribution in [2.45, 2.75) is 64.5 Å². The van der Waals surface area contributed by atoms with E-state index in [1.807, 2.05) is 0 Å². The predicted molar refractivity (Wildman–Crippen MR) is 123 cm³/mol. The van der Waals surface area contributed by atoms with Crippen LogP contribution in [0.25, 0.3) is 0 Å². The molecule has 1 atom stereocenters. The van der Waals surface area contributed by atoms with Crippen LogP contribution >= 0.6 is 0 Å². The van der Waals surface area contributed by atoms with E-state index in [2.05, 4.69) is 71.3 Å². The molecule has 1 fully saturated rings. The van der Waals surface area contributed by atoms with Crippen LogP contribution in [0.5, 0.6) is 0 Å². The molecule has 2 aromatic carbocycles. The number of piperazine rings is 1. The van der Waals surface area contributed by atoms with Gasteiger partial charge in [0.25, 0.3) is 0 Å². The van der Waals surface area contributed by atoms with E-state index in [9.17, 15) is 5.11 Å². The number of aliphatic hydroxyl groups excluding tert-OH is 1. The number of aliphatic hydroxyl groups is 1. The molecule has 0 spiro atoms. The van der Waals surface area contributed by atoms with Crippen LogP contribution in [0.3, 0.4) is 0 Å². The van der Waals surface area contributed by atoms with Gasteiger partial charge in [-0.3, -0.25) is 4.90 Å². The van der Waals surface area contributed by atoms with Crippen molar-refractivity contribution in [1.82, 2.24) is 4.90 Å². The average Bonchev–Trinajstić information content (AvgIpc) is 2.77. The Hall–Kier alpha value is -1.84. The van der Waals surface area contributed by atoms with E-state index >= 15 is 0 Å². The molecule has 0 aliphatic carbocycles. The Kier molecular flexibility index (Phi) is 9.04. The fourth-order valence-electron chi connectivity index (χ4n) is 4.36. The number of anilines is 1. The molecule has 158 valence electrons. The quantitative estimate of drug-likeness (QED) is 0.526. The second-order valence-electron chi connectivity index (χ2n) is 8.43. The molecule has 1 saturated heterocycles. The van der Waals surface area contributed by atoms with Crippen molar-refractivity contribution < 1.29 is 5.11 Å². The molecule has 29 heavy (non-hydrogen) atoms. The molecule has 1 N–H and O–H groups in total. The topological polar surface area (TPSA) is 26.7 Å². The Bertz CT molecular complexity index is 686. The molecule has 3 nitrogen and oxygen atoms in total. The first-order chi connectivity index (χ1) is 14.3. The third-order valence-electron chi connectivity index (χ3n) is 6.11. The van der Waals surface area contributed by atoms with E-state index in [0.29, 0.717) is 0 Å². The molecule has 1 heterocycles. The summed E-state index contributed by atoms with van der Waals surface area (Å²) in [6, 6.07) is 19.9. The van der Waals surface area contributed by atoms with Gasteiger partial charge < -0.3 is 10.0 Å². The number of rotatable bonds is 11. The average molecular weight is 395 g/mol. The fourth-order valence-corrected chi connectivity index (χ4v) is 4.36. The van der Waals surface area contributed by atoms with Crippen LogP contribution in [0.2, 0.25) is 0 Å². The lowest BCUT2D eigenvalue weighted by Gasteiger charge is -2.42. The van der Waals surface area contributed by atoms with Crippen LogP contribution in [0.4, 0.5) is 5.69 Å². The largest absolute Gasteiger partial charge is 0.394 e. The van der Waals surface area contributed by atoms with Gasteiger partial charge in [0.05, 0.1) is 12.6 Å². The zero-order valence-electron chi connectivity index (χ0n) is 18.1. The molecule has 0 bridgehead atoms. The predicted octanol–water partition coefficient (Wildman–Crippen LogP) is 5.27. The van der Waals surface area contributed by atoms with Crippen molar-refractivity contribution in [2.75, 3.05) is 31.1 Å². The lowest BCUT2D eigenvalue weighted by atomic mass is 10.0. The third kappa shape index (κ3) is 6.87. The monoisotopic (exact) mass is 394 g/mol. The lowest BCUT2D eigenvalue weighted by Crippen LogP contribution is -2.54. The fraction of sp³-hybridized carbons (Fsp3) is 0.538. The highest BCUT2D eigenvalue weighted by Gasteiger charge is 2.26. The van der Waals surface area contributed by atoms with Gasteiger partial charge in [0.2, 0.25) is 0 Å². The van der Waals surface area contributed by atoms with Crippen molar-refractivity contribution in [3.05, 3.63) is 65.7 Å². The number of unbranched alkanes of at least 4 members (excludes halogenated alkanes) is 5.